The molecule has 6 heteroatoms. The molecule has 1 fully saturated rings. The van der Waals surface area contributed by atoms with Crippen LogP contribution in [0.3, 0.4) is 0 Å². The molecule has 1 aliphatic carbocycles. The molecule has 0 aliphatic heterocycles. The molecular formula is C10H23N3O2S. The number of rotatable bonds is 6. The van der Waals surface area contributed by atoms with Gasteiger partial charge in [-0.2, -0.15) is 17.4 Å². The zero-order valence-electron chi connectivity index (χ0n) is 10.1. The Morgan fingerprint density at radius 2 is 2.12 bits per heavy atom. The van der Waals surface area contributed by atoms with Gasteiger partial charge >= 0.3 is 0 Å². The average Bonchev–Trinajstić information content (AvgIpc) is 2.59. The highest BCUT2D eigenvalue weighted by Crippen LogP contribution is 2.25. The predicted octanol–water partition coefficient (Wildman–Crippen LogP) is 0.290. The quantitative estimate of drug-likeness (QED) is 0.710. The first kappa shape index (κ1) is 13.9. The molecular weight excluding hydrogens is 226 g/mol. The molecule has 0 aromatic rings. The average molecular weight is 249 g/mol. The Balaban J connectivity index is 2.44. The van der Waals surface area contributed by atoms with Gasteiger partial charge in [-0.25, -0.2) is 0 Å². The molecule has 0 aromatic heterocycles. The first-order valence-corrected chi connectivity index (χ1v) is 7.33. The fourth-order valence-corrected chi connectivity index (χ4v) is 3.23. The van der Waals surface area contributed by atoms with Crippen molar-refractivity contribution in [2.75, 3.05) is 20.1 Å². The van der Waals surface area contributed by atoms with Crippen LogP contribution in [0.15, 0.2) is 0 Å². The van der Waals surface area contributed by atoms with Crippen LogP contribution in [0.2, 0.25) is 0 Å². The first-order valence-electron chi connectivity index (χ1n) is 5.89. The molecule has 0 spiro atoms. The van der Waals surface area contributed by atoms with Gasteiger partial charge in [0.15, 0.2) is 0 Å². The van der Waals surface area contributed by atoms with Gasteiger partial charge in [-0.15, -0.1) is 0 Å². The summed E-state index contributed by atoms with van der Waals surface area (Å²) >= 11 is 0. The number of nitrogens with one attached hydrogen (secondary N) is 1. The maximum atomic E-state index is 11.9. The van der Waals surface area contributed by atoms with Crippen molar-refractivity contribution in [2.24, 2.45) is 11.7 Å². The van der Waals surface area contributed by atoms with Crippen molar-refractivity contribution < 1.29 is 8.42 Å². The van der Waals surface area contributed by atoms with E-state index >= 15 is 0 Å². The molecule has 3 N–H and O–H groups in total. The third kappa shape index (κ3) is 4.01. The van der Waals surface area contributed by atoms with E-state index in [4.69, 9.17) is 5.73 Å². The Morgan fingerprint density at radius 3 is 2.62 bits per heavy atom. The summed E-state index contributed by atoms with van der Waals surface area (Å²) < 4.78 is 27.8. The number of hydrogen-bond donors (Lipinski definition) is 2. The molecule has 96 valence electrons. The van der Waals surface area contributed by atoms with Crippen molar-refractivity contribution in [2.45, 2.75) is 38.6 Å². The fourth-order valence-electron chi connectivity index (χ4n) is 2.05. The van der Waals surface area contributed by atoms with Crippen LogP contribution in [0.4, 0.5) is 0 Å². The molecule has 0 aromatic carbocycles. The molecule has 2 unspecified atom stereocenters. The minimum Gasteiger partial charge on any atom is -0.330 e. The summed E-state index contributed by atoms with van der Waals surface area (Å²) in [7, 11) is -1.72. The van der Waals surface area contributed by atoms with Gasteiger partial charge in [0.1, 0.15) is 0 Å². The summed E-state index contributed by atoms with van der Waals surface area (Å²) in [4.78, 5) is 0. The Kier molecular flexibility index (Phi) is 5.17. The summed E-state index contributed by atoms with van der Waals surface area (Å²) in [6.07, 6.45) is 3.70. The number of nitrogens with two attached hydrogens (primary N) is 1. The molecule has 2 atom stereocenters. The van der Waals surface area contributed by atoms with Crippen LogP contribution in [0.5, 0.6) is 0 Å². The number of nitrogens with zero attached hydrogens (tertiary/aromatic N) is 1. The third-order valence-corrected chi connectivity index (χ3v) is 4.73. The van der Waals surface area contributed by atoms with Crippen LogP contribution in [-0.4, -0.2) is 38.9 Å². The number of hydrogen-bond acceptors (Lipinski definition) is 3. The predicted molar refractivity (Wildman–Crippen MR) is 65.2 cm³/mol. The second-order valence-electron chi connectivity index (χ2n) is 4.70. The Bertz CT molecular complexity index is 305. The first-order chi connectivity index (χ1) is 7.45. The van der Waals surface area contributed by atoms with Gasteiger partial charge in [0, 0.05) is 19.6 Å². The summed E-state index contributed by atoms with van der Waals surface area (Å²) in [5, 5.41) is 0. The molecule has 0 bridgehead atoms. The minimum atomic E-state index is -3.31. The van der Waals surface area contributed by atoms with Gasteiger partial charge < -0.3 is 5.73 Å². The van der Waals surface area contributed by atoms with Crippen molar-refractivity contribution in [1.82, 2.24) is 9.03 Å². The van der Waals surface area contributed by atoms with Crippen LogP contribution >= 0.6 is 0 Å². The van der Waals surface area contributed by atoms with Gasteiger partial charge in [-0.05, 0) is 38.1 Å². The largest absolute Gasteiger partial charge is 0.330 e. The fraction of sp³-hybridized carbons (Fsp3) is 1.00. The molecule has 0 radical (unpaired) electrons. The minimum absolute atomic E-state index is 0.111. The van der Waals surface area contributed by atoms with Gasteiger partial charge in [-0.3, -0.25) is 0 Å². The van der Waals surface area contributed by atoms with E-state index in [0.29, 0.717) is 25.4 Å². The van der Waals surface area contributed by atoms with E-state index < -0.39 is 10.2 Å². The lowest BCUT2D eigenvalue weighted by Crippen LogP contribution is -2.43. The highest BCUT2D eigenvalue weighted by molar-refractivity contribution is 7.87. The zero-order valence-corrected chi connectivity index (χ0v) is 11.0. The lowest BCUT2D eigenvalue weighted by atomic mass is 10.1. The topological polar surface area (TPSA) is 75.4 Å². The SMILES string of the molecule is CC1CCC(NS(=O)(=O)N(C)CCCN)C1. The molecule has 5 nitrogen and oxygen atoms in total. The maximum absolute atomic E-state index is 11.9. The second kappa shape index (κ2) is 5.95. The highest BCUT2D eigenvalue weighted by atomic mass is 32.2. The zero-order chi connectivity index (χ0) is 12.2. The molecule has 0 heterocycles. The maximum Gasteiger partial charge on any atom is 0.279 e. The molecule has 1 saturated carbocycles. The van der Waals surface area contributed by atoms with Crippen LogP contribution in [0.25, 0.3) is 0 Å². The summed E-state index contributed by atoms with van der Waals surface area (Å²) in [5.41, 5.74) is 5.36. The molecule has 16 heavy (non-hydrogen) atoms. The monoisotopic (exact) mass is 249 g/mol. The van der Waals surface area contributed by atoms with Gasteiger partial charge in [0.25, 0.3) is 10.2 Å². The van der Waals surface area contributed by atoms with Crippen molar-refractivity contribution in [3.05, 3.63) is 0 Å². The normalized spacial score (nSPS) is 26.5. The van der Waals surface area contributed by atoms with E-state index in [0.717, 1.165) is 19.3 Å². The smallest absolute Gasteiger partial charge is 0.279 e. The summed E-state index contributed by atoms with van der Waals surface area (Å²) in [5.74, 6) is 0.627. The standard InChI is InChI=1S/C10H23N3O2S/c1-9-4-5-10(8-9)12-16(14,15)13(2)7-3-6-11/h9-10,12H,3-8,11H2,1-2H3. The third-order valence-electron chi connectivity index (χ3n) is 3.10. The Morgan fingerprint density at radius 1 is 1.44 bits per heavy atom. The van der Waals surface area contributed by atoms with Crippen LogP contribution in [-0.2, 0) is 10.2 Å². The van der Waals surface area contributed by atoms with Crippen LogP contribution < -0.4 is 10.5 Å². The van der Waals surface area contributed by atoms with E-state index in [2.05, 4.69) is 11.6 Å². The van der Waals surface area contributed by atoms with E-state index in [-0.39, 0.29) is 6.04 Å². The summed E-state index contributed by atoms with van der Waals surface area (Å²) in [6, 6.07) is 0.111. The molecule has 0 saturated heterocycles. The van der Waals surface area contributed by atoms with E-state index in [1.54, 1.807) is 7.05 Å². The van der Waals surface area contributed by atoms with Gasteiger partial charge in [0.05, 0.1) is 0 Å². The van der Waals surface area contributed by atoms with Crippen molar-refractivity contribution in [3.63, 3.8) is 0 Å². The lowest BCUT2D eigenvalue weighted by Gasteiger charge is -2.20. The molecule has 0 amide bonds. The highest BCUT2D eigenvalue weighted by Gasteiger charge is 2.27. The lowest BCUT2D eigenvalue weighted by molar-refractivity contribution is 0.440. The molecule has 1 aliphatic rings. The van der Waals surface area contributed by atoms with Crippen LogP contribution in [0.1, 0.15) is 32.6 Å². The van der Waals surface area contributed by atoms with Gasteiger partial charge in [-0.1, -0.05) is 6.92 Å². The second-order valence-corrected chi connectivity index (χ2v) is 6.51. The van der Waals surface area contributed by atoms with Gasteiger partial charge in [0.2, 0.25) is 0 Å². The van der Waals surface area contributed by atoms with E-state index in [1.807, 2.05) is 0 Å². The van der Waals surface area contributed by atoms with Crippen molar-refractivity contribution in [3.8, 4) is 0 Å². The Hall–Kier alpha value is -0.170. The summed E-state index contributed by atoms with van der Waals surface area (Å²) in [6.45, 7) is 3.15. The van der Waals surface area contributed by atoms with Crippen molar-refractivity contribution >= 4 is 10.2 Å². The van der Waals surface area contributed by atoms with Crippen LogP contribution in [0, 0.1) is 5.92 Å². The van der Waals surface area contributed by atoms with E-state index in [1.165, 1.54) is 4.31 Å². The Labute approximate surface area is 98.6 Å². The molecule has 1 rings (SSSR count). The van der Waals surface area contributed by atoms with E-state index in [9.17, 15) is 8.42 Å². The van der Waals surface area contributed by atoms with Crippen molar-refractivity contribution in [1.29, 1.82) is 0 Å².